The fourth-order valence-corrected chi connectivity index (χ4v) is 1.96. The van der Waals surface area contributed by atoms with Gasteiger partial charge < -0.3 is 9.53 Å². The van der Waals surface area contributed by atoms with Crippen LogP contribution in [0, 0.1) is 0 Å². The number of hydrogen-bond donors (Lipinski definition) is 0. The maximum Gasteiger partial charge on any atom is 0.120 e. The van der Waals surface area contributed by atoms with Crippen LogP contribution in [0.15, 0.2) is 36.4 Å². The van der Waals surface area contributed by atoms with Gasteiger partial charge in [-0.15, -0.1) is 0 Å². The van der Waals surface area contributed by atoms with Crippen LogP contribution in [0.1, 0.15) is 24.8 Å². The van der Waals surface area contributed by atoms with Gasteiger partial charge in [0, 0.05) is 6.42 Å². The minimum atomic E-state index is 0.277. The smallest absolute Gasteiger partial charge is 0.120 e. The van der Waals surface area contributed by atoms with Crippen molar-refractivity contribution in [2.75, 3.05) is 7.11 Å². The van der Waals surface area contributed by atoms with E-state index in [1.54, 1.807) is 7.11 Å². The average molecular weight is 228 g/mol. The van der Waals surface area contributed by atoms with Crippen molar-refractivity contribution in [1.29, 1.82) is 0 Å². The summed E-state index contributed by atoms with van der Waals surface area (Å²) in [5.74, 6) is 1.14. The highest BCUT2D eigenvalue weighted by Gasteiger charge is 2.05. The molecule has 0 saturated heterocycles. The SMILES string of the molecule is COc1ccc2cc([C@H](C)CC=O)ccc2c1. The molecule has 0 radical (unpaired) electrons. The molecule has 0 heterocycles. The van der Waals surface area contributed by atoms with Crippen LogP contribution in [0.25, 0.3) is 10.8 Å². The molecule has 0 amide bonds. The van der Waals surface area contributed by atoms with Crippen molar-refractivity contribution in [3.05, 3.63) is 42.0 Å². The summed E-state index contributed by atoms with van der Waals surface area (Å²) in [5.41, 5.74) is 1.20. The van der Waals surface area contributed by atoms with Gasteiger partial charge in [0.15, 0.2) is 0 Å². The second-order valence-electron chi connectivity index (χ2n) is 4.28. The molecule has 88 valence electrons. The lowest BCUT2D eigenvalue weighted by atomic mass is 9.96. The predicted molar refractivity (Wildman–Crippen MR) is 69.6 cm³/mol. The number of hydrogen-bond acceptors (Lipinski definition) is 2. The molecule has 2 nitrogen and oxygen atoms in total. The molecule has 0 N–H and O–H groups in total. The molecular weight excluding hydrogens is 212 g/mol. The molecule has 2 aromatic carbocycles. The topological polar surface area (TPSA) is 26.3 Å². The second kappa shape index (κ2) is 5.00. The molecule has 0 aliphatic heterocycles. The van der Waals surface area contributed by atoms with Crippen LogP contribution >= 0.6 is 0 Å². The number of aldehydes is 1. The van der Waals surface area contributed by atoms with Gasteiger partial charge in [-0.2, -0.15) is 0 Å². The van der Waals surface area contributed by atoms with Gasteiger partial charge in [0.1, 0.15) is 12.0 Å². The zero-order valence-corrected chi connectivity index (χ0v) is 10.1. The summed E-state index contributed by atoms with van der Waals surface area (Å²) in [4.78, 5) is 10.5. The van der Waals surface area contributed by atoms with E-state index >= 15 is 0 Å². The summed E-state index contributed by atoms with van der Waals surface area (Å²) >= 11 is 0. The molecule has 0 aromatic heterocycles. The van der Waals surface area contributed by atoms with Crippen LogP contribution in [-0.4, -0.2) is 13.4 Å². The first-order valence-corrected chi connectivity index (χ1v) is 5.76. The number of benzene rings is 2. The summed E-state index contributed by atoms with van der Waals surface area (Å²) in [6.45, 7) is 2.07. The third-order valence-corrected chi connectivity index (χ3v) is 3.09. The molecule has 1 atom stereocenters. The van der Waals surface area contributed by atoms with Crippen molar-refractivity contribution in [2.24, 2.45) is 0 Å². The molecule has 0 saturated carbocycles. The normalized spacial score (nSPS) is 12.4. The monoisotopic (exact) mass is 228 g/mol. The van der Waals surface area contributed by atoms with E-state index in [1.165, 1.54) is 10.9 Å². The van der Waals surface area contributed by atoms with E-state index in [2.05, 4.69) is 25.1 Å². The number of carbonyl (C=O) groups is 1. The van der Waals surface area contributed by atoms with Gasteiger partial charge in [-0.3, -0.25) is 0 Å². The molecule has 2 heteroatoms. The van der Waals surface area contributed by atoms with Gasteiger partial charge in [-0.05, 0) is 34.4 Å². The molecule has 0 aliphatic rings. The molecule has 0 unspecified atom stereocenters. The standard InChI is InChI=1S/C15H16O2/c1-11(7-8-16)12-3-4-14-10-15(17-2)6-5-13(14)9-12/h3-6,8-11H,7H2,1-2H3/t11-/m1/s1. The molecule has 2 aromatic rings. The van der Waals surface area contributed by atoms with Crippen molar-refractivity contribution >= 4 is 17.1 Å². The lowest BCUT2D eigenvalue weighted by Crippen LogP contribution is -1.94. The fourth-order valence-electron chi connectivity index (χ4n) is 1.96. The Bertz CT molecular complexity index is 531. The van der Waals surface area contributed by atoms with Crippen molar-refractivity contribution in [3.8, 4) is 5.75 Å². The van der Waals surface area contributed by atoms with Crippen molar-refractivity contribution in [1.82, 2.24) is 0 Å². The first-order chi connectivity index (χ1) is 8.24. The largest absolute Gasteiger partial charge is 0.497 e. The van der Waals surface area contributed by atoms with Crippen LogP contribution < -0.4 is 4.74 Å². The summed E-state index contributed by atoms with van der Waals surface area (Å²) in [6, 6.07) is 12.3. The maximum absolute atomic E-state index is 10.5. The summed E-state index contributed by atoms with van der Waals surface area (Å²) in [5, 5.41) is 2.34. The third-order valence-electron chi connectivity index (χ3n) is 3.09. The first kappa shape index (κ1) is 11.6. The van der Waals surface area contributed by atoms with Crippen molar-refractivity contribution in [2.45, 2.75) is 19.3 Å². The molecule has 0 fully saturated rings. The Morgan fingerprint density at radius 1 is 1.18 bits per heavy atom. The molecule has 0 bridgehead atoms. The quantitative estimate of drug-likeness (QED) is 0.748. The Labute approximate surface area is 101 Å². The highest BCUT2D eigenvalue weighted by atomic mass is 16.5. The minimum Gasteiger partial charge on any atom is -0.497 e. The van der Waals surface area contributed by atoms with Crippen LogP contribution in [0.2, 0.25) is 0 Å². The third kappa shape index (κ3) is 2.47. The van der Waals surface area contributed by atoms with E-state index < -0.39 is 0 Å². The summed E-state index contributed by atoms with van der Waals surface area (Å²) in [7, 11) is 1.67. The first-order valence-electron chi connectivity index (χ1n) is 5.76. The van der Waals surface area contributed by atoms with Gasteiger partial charge in [-0.1, -0.05) is 31.2 Å². The van der Waals surface area contributed by atoms with E-state index in [9.17, 15) is 4.79 Å². The summed E-state index contributed by atoms with van der Waals surface area (Å²) in [6.07, 6.45) is 1.55. The number of fused-ring (bicyclic) bond motifs is 1. The number of rotatable bonds is 4. The number of ether oxygens (including phenoxy) is 1. The van der Waals surface area contributed by atoms with E-state index in [4.69, 9.17) is 4.74 Å². The van der Waals surface area contributed by atoms with E-state index in [0.717, 1.165) is 17.4 Å². The highest BCUT2D eigenvalue weighted by molar-refractivity contribution is 5.84. The zero-order chi connectivity index (χ0) is 12.3. The molecular formula is C15H16O2. The van der Waals surface area contributed by atoms with Crippen LogP contribution in [0.3, 0.4) is 0 Å². The minimum absolute atomic E-state index is 0.277. The number of methoxy groups -OCH3 is 1. The Morgan fingerprint density at radius 3 is 2.59 bits per heavy atom. The lowest BCUT2D eigenvalue weighted by molar-refractivity contribution is -0.108. The van der Waals surface area contributed by atoms with Crippen LogP contribution in [0.5, 0.6) is 5.75 Å². The summed E-state index contributed by atoms with van der Waals surface area (Å²) < 4.78 is 5.19. The average Bonchev–Trinajstić information content (AvgIpc) is 2.37. The van der Waals surface area contributed by atoms with E-state index in [-0.39, 0.29) is 5.92 Å². The van der Waals surface area contributed by atoms with Crippen molar-refractivity contribution < 1.29 is 9.53 Å². The Kier molecular flexibility index (Phi) is 3.43. The van der Waals surface area contributed by atoms with Crippen LogP contribution in [-0.2, 0) is 4.79 Å². The van der Waals surface area contributed by atoms with Gasteiger partial charge >= 0.3 is 0 Å². The Balaban J connectivity index is 2.40. The molecule has 0 spiro atoms. The molecule has 0 aliphatic carbocycles. The predicted octanol–water partition coefficient (Wildman–Crippen LogP) is 3.54. The van der Waals surface area contributed by atoms with E-state index in [0.29, 0.717) is 6.42 Å². The molecule has 17 heavy (non-hydrogen) atoms. The zero-order valence-electron chi connectivity index (χ0n) is 10.1. The van der Waals surface area contributed by atoms with Gasteiger partial charge in [0.25, 0.3) is 0 Å². The highest BCUT2D eigenvalue weighted by Crippen LogP contribution is 2.25. The Hall–Kier alpha value is -1.83. The van der Waals surface area contributed by atoms with Gasteiger partial charge in [0.05, 0.1) is 7.11 Å². The van der Waals surface area contributed by atoms with Gasteiger partial charge in [0.2, 0.25) is 0 Å². The van der Waals surface area contributed by atoms with Gasteiger partial charge in [-0.25, -0.2) is 0 Å². The van der Waals surface area contributed by atoms with Crippen LogP contribution in [0.4, 0.5) is 0 Å². The molecule has 2 rings (SSSR count). The lowest BCUT2D eigenvalue weighted by Gasteiger charge is -2.10. The Morgan fingerprint density at radius 2 is 1.88 bits per heavy atom. The fraction of sp³-hybridized carbons (Fsp3) is 0.267. The maximum atomic E-state index is 10.5. The number of carbonyl (C=O) groups excluding carboxylic acids is 1. The van der Waals surface area contributed by atoms with E-state index in [1.807, 2.05) is 18.2 Å². The van der Waals surface area contributed by atoms with Crippen molar-refractivity contribution in [3.63, 3.8) is 0 Å². The second-order valence-corrected chi connectivity index (χ2v) is 4.28.